The molecule has 0 atom stereocenters. The van der Waals surface area contributed by atoms with Gasteiger partial charge in [0.15, 0.2) is 0 Å². The molecule has 5 aromatic rings. The Morgan fingerprint density at radius 3 is 1.81 bits per heavy atom. The van der Waals surface area contributed by atoms with Crippen LogP contribution >= 0.6 is 0 Å². The number of ether oxygens (including phenoxy) is 2. The van der Waals surface area contributed by atoms with E-state index in [0.717, 1.165) is 21.5 Å². The largest absolute Gasteiger partial charge is 0.457 e. The number of hydrogen-bond acceptors (Lipinski definition) is 4. The van der Waals surface area contributed by atoms with Gasteiger partial charge in [0, 0.05) is 12.1 Å². The van der Waals surface area contributed by atoms with E-state index in [1.165, 1.54) is 0 Å². The molecule has 0 unspecified atom stereocenters. The highest BCUT2D eigenvalue weighted by molar-refractivity contribution is 5.84. The maximum absolute atomic E-state index is 9.15. The van der Waals surface area contributed by atoms with Crippen molar-refractivity contribution in [2.24, 2.45) is 0 Å². The molecule has 4 nitrogen and oxygen atoms in total. The third-order valence-corrected chi connectivity index (χ3v) is 4.99. The molecule has 31 heavy (non-hydrogen) atoms. The van der Waals surface area contributed by atoms with E-state index in [1.54, 1.807) is 12.1 Å². The summed E-state index contributed by atoms with van der Waals surface area (Å²) in [7, 11) is 0. The van der Waals surface area contributed by atoms with Crippen LogP contribution in [-0.2, 0) is 6.42 Å². The summed E-state index contributed by atoms with van der Waals surface area (Å²) in [6, 6.07) is 33.7. The number of aromatic nitrogens is 1. The van der Waals surface area contributed by atoms with E-state index in [0.29, 0.717) is 28.8 Å². The van der Waals surface area contributed by atoms with Crippen LogP contribution in [0.1, 0.15) is 5.69 Å². The van der Waals surface area contributed by atoms with E-state index < -0.39 is 0 Å². The minimum Gasteiger partial charge on any atom is -0.457 e. The summed E-state index contributed by atoms with van der Waals surface area (Å²) in [6.07, 6.45) is 0.170. The third-order valence-electron chi connectivity index (χ3n) is 4.99. The van der Waals surface area contributed by atoms with Crippen LogP contribution in [0.2, 0.25) is 0 Å². The molecule has 0 aliphatic carbocycles. The van der Waals surface area contributed by atoms with E-state index in [2.05, 4.69) is 23.2 Å². The molecule has 0 radical (unpaired) electrons. The summed E-state index contributed by atoms with van der Waals surface area (Å²) in [5, 5.41) is 13.6. The first kappa shape index (κ1) is 18.7. The lowest BCUT2D eigenvalue weighted by molar-refractivity contribution is 0.445. The fraction of sp³-hybridized carbons (Fsp3) is 0.0370. The molecule has 0 aliphatic rings. The van der Waals surface area contributed by atoms with Gasteiger partial charge >= 0.3 is 0 Å². The molecular weight excluding hydrogens is 384 g/mol. The van der Waals surface area contributed by atoms with Gasteiger partial charge in [-0.25, -0.2) is 4.98 Å². The van der Waals surface area contributed by atoms with Crippen molar-refractivity contribution in [3.05, 3.63) is 103 Å². The highest BCUT2D eigenvalue weighted by Crippen LogP contribution is 2.31. The molecule has 5 rings (SSSR count). The standard InChI is InChI=1S/C27H18N2O2/c28-14-13-23-17-26(30-24-11-9-19-5-1-3-7-21(19)15-24)18-27(29-23)31-25-12-10-20-6-2-4-8-22(20)16-25/h1-12,15-18H,13H2. The highest BCUT2D eigenvalue weighted by atomic mass is 16.5. The van der Waals surface area contributed by atoms with Crippen molar-refractivity contribution < 1.29 is 9.47 Å². The Morgan fingerprint density at radius 1 is 0.613 bits per heavy atom. The van der Waals surface area contributed by atoms with Crippen LogP contribution in [0, 0.1) is 11.3 Å². The van der Waals surface area contributed by atoms with Gasteiger partial charge in [-0.15, -0.1) is 0 Å². The topological polar surface area (TPSA) is 55.1 Å². The molecule has 0 fully saturated rings. The van der Waals surface area contributed by atoms with Crippen molar-refractivity contribution in [2.75, 3.05) is 0 Å². The summed E-state index contributed by atoms with van der Waals surface area (Å²) in [5.74, 6) is 2.35. The van der Waals surface area contributed by atoms with Crippen LogP contribution < -0.4 is 9.47 Å². The number of hydrogen-bond donors (Lipinski definition) is 0. The molecule has 0 aliphatic heterocycles. The van der Waals surface area contributed by atoms with Gasteiger partial charge in [-0.05, 0) is 45.8 Å². The molecule has 0 amide bonds. The van der Waals surface area contributed by atoms with Crippen molar-refractivity contribution in [3.8, 4) is 29.2 Å². The summed E-state index contributed by atoms with van der Waals surface area (Å²) in [4.78, 5) is 4.47. The molecule has 4 heteroatoms. The van der Waals surface area contributed by atoms with Gasteiger partial charge in [-0.3, -0.25) is 0 Å². The van der Waals surface area contributed by atoms with Gasteiger partial charge in [-0.1, -0.05) is 60.7 Å². The molecule has 4 aromatic carbocycles. The highest BCUT2D eigenvalue weighted by Gasteiger charge is 2.09. The van der Waals surface area contributed by atoms with Crippen LogP contribution in [0.4, 0.5) is 0 Å². The molecule has 148 valence electrons. The van der Waals surface area contributed by atoms with E-state index in [-0.39, 0.29) is 6.42 Å². The quantitative estimate of drug-likeness (QED) is 0.316. The number of benzene rings is 4. The van der Waals surface area contributed by atoms with Gasteiger partial charge < -0.3 is 9.47 Å². The fourth-order valence-electron chi connectivity index (χ4n) is 3.54. The van der Waals surface area contributed by atoms with E-state index in [9.17, 15) is 0 Å². The smallest absolute Gasteiger partial charge is 0.223 e. The molecule has 1 heterocycles. The van der Waals surface area contributed by atoms with Crippen molar-refractivity contribution in [1.29, 1.82) is 5.26 Å². The molecular formula is C27H18N2O2. The van der Waals surface area contributed by atoms with E-state index in [4.69, 9.17) is 14.7 Å². The zero-order valence-electron chi connectivity index (χ0n) is 16.7. The Labute approximate surface area is 179 Å². The maximum Gasteiger partial charge on any atom is 0.223 e. The minimum absolute atomic E-state index is 0.170. The monoisotopic (exact) mass is 402 g/mol. The molecule has 0 saturated heterocycles. The Kier molecular flexibility index (Phi) is 4.92. The SMILES string of the molecule is N#CCc1cc(Oc2ccc3ccccc3c2)cc(Oc2ccc3ccccc3c2)n1. The second-order valence-electron chi connectivity index (χ2n) is 7.19. The predicted molar refractivity (Wildman–Crippen MR) is 122 cm³/mol. The van der Waals surface area contributed by atoms with E-state index in [1.807, 2.05) is 72.8 Å². The molecule has 0 saturated carbocycles. The molecule has 0 N–H and O–H groups in total. The average Bonchev–Trinajstić information content (AvgIpc) is 2.79. The fourth-order valence-corrected chi connectivity index (χ4v) is 3.54. The predicted octanol–water partition coefficient (Wildman–Crippen LogP) is 7.04. The van der Waals surface area contributed by atoms with Crippen LogP contribution in [0.5, 0.6) is 23.1 Å². The number of nitrogens with zero attached hydrogens (tertiary/aromatic N) is 2. The number of pyridine rings is 1. The van der Waals surface area contributed by atoms with Crippen LogP contribution in [0.3, 0.4) is 0 Å². The third kappa shape index (κ3) is 4.17. The number of nitriles is 1. The first-order valence-electron chi connectivity index (χ1n) is 9.98. The van der Waals surface area contributed by atoms with Crippen LogP contribution in [0.25, 0.3) is 21.5 Å². The van der Waals surface area contributed by atoms with Gasteiger partial charge in [-0.2, -0.15) is 5.26 Å². The first-order chi connectivity index (χ1) is 15.3. The number of rotatable bonds is 5. The Bertz CT molecular complexity index is 1340. The normalized spacial score (nSPS) is 10.7. The lowest BCUT2D eigenvalue weighted by atomic mass is 10.1. The molecule has 0 spiro atoms. The second kappa shape index (κ2) is 8.17. The Morgan fingerprint density at radius 2 is 1.19 bits per heavy atom. The maximum atomic E-state index is 9.15. The summed E-state index contributed by atoms with van der Waals surface area (Å²) in [5.41, 5.74) is 0.594. The summed E-state index contributed by atoms with van der Waals surface area (Å²) >= 11 is 0. The summed E-state index contributed by atoms with van der Waals surface area (Å²) in [6.45, 7) is 0. The van der Waals surface area contributed by atoms with Crippen molar-refractivity contribution in [1.82, 2.24) is 4.98 Å². The zero-order valence-corrected chi connectivity index (χ0v) is 16.7. The van der Waals surface area contributed by atoms with Gasteiger partial charge in [0.25, 0.3) is 0 Å². The second-order valence-corrected chi connectivity index (χ2v) is 7.19. The van der Waals surface area contributed by atoms with Crippen molar-refractivity contribution in [3.63, 3.8) is 0 Å². The van der Waals surface area contributed by atoms with E-state index >= 15 is 0 Å². The van der Waals surface area contributed by atoms with Crippen LogP contribution in [-0.4, -0.2) is 4.98 Å². The van der Waals surface area contributed by atoms with Gasteiger partial charge in [0.2, 0.25) is 5.88 Å². The van der Waals surface area contributed by atoms with Crippen LogP contribution in [0.15, 0.2) is 97.1 Å². The minimum atomic E-state index is 0.170. The number of fused-ring (bicyclic) bond motifs is 2. The van der Waals surface area contributed by atoms with Crippen molar-refractivity contribution in [2.45, 2.75) is 6.42 Å². The first-order valence-corrected chi connectivity index (χ1v) is 9.98. The zero-order chi connectivity index (χ0) is 21.0. The van der Waals surface area contributed by atoms with Crippen molar-refractivity contribution >= 4 is 21.5 Å². The lowest BCUT2D eigenvalue weighted by Gasteiger charge is -2.11. The summed E-state index contributed by atoms with van der Waals surface area (Å²) < 4.78 is 12.1. The van der Waals surface area contributed by atoms with Gasteiger partial charge in [0.05, 0.1) is 18.2 Å². The average molecular weight is 402 g/mol. The molecule has 1 aromatic heterocycles. The lowest BCUT2D eigenvalue weighted by Crippen LogP contribution is -1.95. The Balaban J connectivity index is 1.46. The Hall–Kier alpha value is -4.36. The van der Waals surface area contributed by atoms with Gasteiger partial charge in [0.1, 0.15) is 17.2 Å². The molecule has 0 bridgehead atoms.